The van der Waals surface area contributed by atoms with Gasteiger partial charge in [-0.3, -0.25) is 0 Å². The Bertz CT molecular complexity index is 788. The van der Waals surface area contributed by atoms with Crippen LogP contribution in [0.15, 0.2) is 47.4 Å². The molecule has 0 aliphatic carbocycles. The van der Waals surface area contributed by atoms with Crippen LogP contribution in [-0.4, -0.2) is 35.8 Å². The quantitative estimate of drug-likeness (QED) is 0.739. The number of rotatable bonds is 9. The number of nitrogens with one attached hydrogen (secondary N) is 1. The molecular formula is C18H23NO5S. The predicted octanol–water partition coefficient (Wildman–Crippen LogP) is 2.62. The van der Waals surface area contributed by atoms with Gasteiger partial charge < -0.3 is 14.2 Å². The van der Waals surface area contributed by atoms with Crippen LogP contribution in [0.25, 0.3) is 0 Å². The van der Waals surface area contributed by atoms with Crippen LogP contribution in [0.3, 0.4) is 0 Å². The summed E-state index contributed by atoms with van der Waals surface area (Å²) in [6.45, 7) is 2.81. The van der Waals surface area contributed by atoms with Gasteiger partial charge in [-0.2, -0.15) is 0 Å². The molecule has 0 fully saturated rings. The molecule has 2 aromatic rings. The van der Waals surface area contributed by atoms with Crippen molar-refractivity contribution in [1.82, 2.24) is 4.72 Å². The lowest BCUT2D eigenvalue weighted by Crippen LogP contribution is -2.26. The minimum atomic E-state index is -3.70. The summed E-state index contributed by atoms with van der Waals surface area (Å²) in [6.07, 6.45) is 0.567. The highest BCUT2D eigenvalue weighted by molar-refractivity contribution is 7.89. The van der Waals surface area contributed by atoms with E-state index in [9.17, 15) is 8.42 Å². The Kier molecular flexibility index (Phi) is 6.66. The van der Waals surface area contributed by atoms with E-state index in [1.54, 1.807) is 12.1 Å². The lowest BCUT2D eigenvalue weighted by Gasteiger charge is -2.12. The van der Waals surface area contributed by atoms with Crippen LogP contribution in [-0.2, 0) is 16.4 Å². The van der Waals surface area contributed by atoms with Gasteiger partial charge >= 0.3 is 0 Å². The molecule has 0 aliphatic heterocycles. The van der Waals surface area contributed by atoms with E-state index in [4.69, 9.17) is 14.2 Å². The Morgan fingerprint density at radius 2 is 1.64 bits per heavy atom. The summed E-state index contributed by atoms with van der Waals surface area (Å²) in [5, 5.41) is 0. The van der Waals surface area contributed by atoms with Crippen molar-refractivity contribution in [3.8, 4) is 17.2 Å². The first-order valence-corrected chi connectivity index (χ1v) is 9.42. The van der Waals surface area contributed by atoms with Gasteiger partial charge in [-0.05, 0) is 43.2 Å². The van der Waals surface area contributed by atoms with Crippen molar-refractivity contribution in [1.29, 1.82) is 0 Å². The first-order chi connectivity index (χ1) is 12.0. The Morgan fingerprint density at radius 3 is 2.24 bits per heavy atom. The minimum Gasteiger partial charge on any atom is -0.497 e. The molecule has 0 heterocycles. The van der Waals surface area contributed by atoms with Crippen LogP contribution in [0.4, 0.5) is 0 Å². The van der Waals surface area contributed by atoms with E-state index in [1.807, 2.05) is 31.2 Å². The summed E-state index contributed by atoms with van der Waals surface area (Å²) in [5.74, 6) is 1.52. The molecule has 6 nitrogen and oxygen atoms in total. The fourth-order valence-electron chi connectivity index (χ4n) is 2.32. The normalized spacial score (nSPS) is 11.2. The molecule has 2 aromatic carbocycles. The highest BCUT2D eigenvalue weighted by atomic mass is 32.2. The second-order valence-electron chi connectivity index (χ2n) is 5.24. The van der Waals surface area contributed by atoms with Crippen LogP contribution in [0.1, 0.15) is 12.5 Å². The predicted molar refractivity (Wildman–Crippen MR) is 96.0 cm³/mol. The average Bonchev–Trinajstić information content (AvgIpc) is 2.62. The van der Waals surface area contributed by atoms with Gasteiger partial charge in [0.2, 0.25) is 10.0 Å². The van der Waals surface area contributed by atoms with Crippen molar-refractivity contribution < 1.29 is 22.6 Å². The molecule has 1 N–H and O–H groups in total. The zero-order valence-corrected chi connectivity index (χ0v) is 15.4. The summed E-state index contributed by atoms with van der Waals surface area (Å²) >= 11 is 0. The Labute approximate surface area is 148 Å². The SMILES string of the molecule is CCOc1ccc(CCNS(=O)(=O)c2cc(OC)ccc2OC)cc1. The Morgan fingerprint density at radius 1 is 0.960 bits per heavy atom. The number of sulfonamides is 1. The first kappa shape index (κ1) is 19.1. The molecule has 25 heavy (non-hydrogen) atoms. The van der Waals surface area contributed by atoms with Gasteiger partial charge in [0, 0.05) is 12.6 Å². The fourth-order valence-corrected chi connectivity index (χ4v) is 3.53. The number of hydrogen-bond acceptors (Lipinski definition) is 5. The standard InChI is InChI=1S/C18H23NO5S/c1-4-24-15-7-5-14(6-8-15)11-12-19-25(20,21)18-13-16(22-2)9-10-17(18)23-3/h5-10,13,19H,4,11-12H2,1-3H3. The van der Waals surface area contributed by atoms with Gasteiger partial charge in [0.1, 0.15) is 22.1 Å². The number of benzene rings is 2. The second-order valence-corrected chi connectivity index (χ2v) is 6.98. The van der Waals surface area contributed by atoms with Crippen molar-refractivity contribution in [2.24, 2.45) is 0 Å². The summed E-state index contributed by atoms with van der Waals surface area (Å²) < 4.78 is 43.3. The molecule has 0 bridgehead atoms. The lowest BCUT2D eigenvalue weighted by atomic mass is 10.1. The fraction of sp³-hybridized carbons (Fsp3) is 0.333. The third kappa shape index (κ3) is 5.11. The minimum absolute atomic E-state index is 0.0565. The maximum absolute atomic E-state index is 12.5. The molecule has 0 spiro atoms. The van der Waals surface area contributed by atoms with E-state index in [0.29, 0.717) is 18.8 Å². The molecule has 136 valence electrons. The molecular weight excluding hydrogens is 342 g/mol. The lowest BCUT2D eigenvalue weighted by molar-refractivity contribution is 0.340. The third-order valence-corrected chi connectivity index (χ3v) is 5.08. The highest BCUT2D eigenvalue weighted by Gasteiger charge is 2.20. The monoisotopic (exact) mass is 365 g/mol. The van der Waals surface area contributed by atoms with Crippen LogP contribution in [0.5, 0.6) is 17.2 Å². The van der Waals surface area contributed by atoms with Crippen molar-refractivity contribution in [3.63, 3.8) is 0 Å². The topological polar surface area (TPSA) is 73.9 Å². The van der Waals surface area contributed by atoms with E-state index < -0.39 is 10.0 Å². The summed E-state index contributed by atoms with van der Waals surface area (Å²) in [7, 11) is -0.787. The summed E-state index contributed by atoms with van der Waals surface area (Å²) in [5.41, 5.74) is 1.02. The molecule has 0 amide bonds. The van der Waals surface area contributed by atoms with E-state index in [2.05, 4.69) is 4.72 Å². The van der Waals surface area contributed by atoms with Gasteiger partial charge in [0.05, 0.1) is 20.8 Å². The Balaban J connectivity index is 2.04. The smallest absolute Gasteiger partial charge is 0.244 e. The van der Waals surface area contributed by atoms with E-state index in [-0.39, 0.29) is 17.2 Å². The Hall–Kier alpha value is -2.25. The van der Waals surface area contributed by atoms with Gasteiger partial charge in [-0.25, -0.2) is 13.1 Å². The molecule has 7 heteroatoms. The molecule has 0 saturated heterocycles. The zero-order chi connectivity index (χ0) is 18.3. The van der Waals surface area contributed by atoms with Crippen molar-refractivity contribution in [2.75, 3.05) is 27.4 Å². The molecule has 2 rings (SSSR count). The molecule has 0 aliphatic rings. The zero-order valence-electron chi connectivity index (χ0n) is 14.6. The third-order valence-electron chi connectivity index (χ3n) is 3.60. The van der Waals surface area contributed by atoms with Crippen LogP contribution < -0.4 is 18.9 Å². The van der Waals surface area contributed by atoms with Crippen molar-refractivity contribution in [2.45, 2.75) is 18.2 Å². The maximum atomic E-state index is 12.5. The van der Waals surface area contributed by atoms with Gasteiger partial charge in [0.25, 0.3) is 0 Å². The van der Waals surface area contributed by atoms with Crippen LogP contribution in [0.2, 0.25) is 0 Å². The van der Waals surface area contributed by atoms with Gasteiger partial charge in [-0.1, -0.05) is 12.1 Å². The van der Waals surface area contributed by atoms with Gasteiger partial charge in [-0.15, -0.1) is 0 Å². The van der Waals surface area contributed by atoms with E-state index >= 15 is 0 Å². The number of hydrogen-bond donors (Lipinski definition) is 1. The molecule has 0 unspecified atom stereocenters. The van der Waals surface area contributed by atoms with Crippen LogP contribution >= 0.6 is 0 Å². The molecule has 0 aromatic heterocycles. The number of methoxy groups -OCH3 is 2. The van der Waals surface area contributed by atoms with Crippen LogP contribution in [0, 0.1) is 0 Å². The van der Waals surface area contributed by atoms with Gasteiger partial charge in [0.15, 0.2) is 0 Å². The van der Waals surface area contributed by atoms with E-state index in [1.165, 1.54) is 20.3 Å². The number of ether oxygens (including phenoxy) is 3. The maximum Gasteiger partial charge on any atom is 0.244 e. The molecule has 0 radical (unpaired) electrons. The molecule has 0 atom stereocenters. The van der Waals surface area contributed by atoms with Crippen molar-refractivity contribution >= 4 is 10.0 Å². The molecule has 0 saturated carbocycles. The largest absolute Gasteiger partial charge is 0.497 e. The van der Waals surface area contributed by atoms with Crippen molar-refractivity contribution in [3.05, 3.63) is 48.0 Å². The average molecular weight is 365 g/mol. The summed E-state index contributed by atoms with van der Waals surface area (Å²) in [6, 6.07) is 12.3. The van der Waals surface area contributed by atoms with E-state index in [0.717, 1.165) is 11.3 Å². The highest BCUT2D eigenvalue weighted by Crippen LogP contribution is 2.27. The second kappa shape index (κ2) is 8.73. The summed E-state index contributed by atoms with van der Waals surface area (Å²) in [4.78, 5) is 0.0565. The first-order valence-electron chi connectivity index (χ1n) is 7.93.